The number of carboxylic acids is 1. The highest BCUT2D eigenvalue weighted by molar-refractivity contribution is 5.70. The van der Waals surface area contributed by atoms with E-state index in [9.17, 15) is 4.79 Å². The van der Waals surface area contributed by atoms with Gasteiger partial charge in [0.2, 0.25) is 0 Å². The van der Waals surface area contributed by atoms with Gasteiger partial charge in [-0.2, -0.15) is 0 Å². The van der Waals surface area contributed by atoms with E-state index in [-0.39, 0.29) is 5.92 Å². The van der Waals surface area contributed by atoms with Gasteiger partial charge in [-0.15, -0.1) is 0 Å². The number of rotatable bonds is 6. The maximum absolute atomic E-state index is 10.9. The van der Waals surface area contributed by atoms with Crippen molar-refractivity contribution in [2.45, 2.75) is 44.6 Å². The molecule has 0 aromatic heterocycles. The molecule has 2 N–H and O–H groups in total. The molecular formula is C16H23NO2. The van der Waals surface area contributed by atoms with Crippen molar-refractivity contribution in [3.63, 3.8) is 0 Å². The number of nitrogens with one attached hydrogen (secondary N) is 1. The van der Waals surface area contributed by atoms with Gasteiger partial charge in [0.15, 0.2) is 0 Å². The van der Waals surface area contributed by atoms with E-state index in [1.54, 1.807) is 0 Å². The van der Waals surface area contributed by atoms with E-state index in [0.29, 0.717) is 6.04 Å². The quantitative estimate of drug-likeness (QED) is 0.774. The molecule has 1 aromatic carbocycles. The largest absolute Gasteiger partial charge is 0.481 e. The van der Waals surface area contributed by atoms with Crippen LogP contribution in [-0.4, -0.2) is 23.7 Å². The Hall–Kier alpha value is -1.35. The summed E-state index contributed by atoms with van der Waals surface area (Å²) in [4.78, 5) is 10.9. The van der Waals surface area contributed by atoms with E-state index >= 15 is 0 Å². The molecule has 104 valence electrons. The lowest BCUT2D eigenvalue weighted by atomic mass is 9.86. The summed E-state index contributed by atoms with van der Waals surface area (Å²) in [6, 6.07) is 11.1. The highest BCUT2D eigenvalue weighted by atomic mass is 16.4. The average molecular weight is 261 g/mol. The second-order valence-electron chi connectivity index (χ2n) is 5.43. The van der Waals surface area contributed by atoms with Crippen LogP contribution >= 0.6 is 0 Å². The van der Waals surface area contributed by atoms with E-state index in [2.05, 4.69) is 29.6 Å². The number of hydrogen-bond donors (Lipinski definition) is 2. The first-order valence-electron chi connectivity index (χ1n) is 7.26. The molecule has 1 aliphatic carbocycles. The van der Waals surface area contributed by atoms with Crippen LogP contribution in [0, 0.1) is 5.92 Å². The van der Waals surface area contributed by atoms with E-state index in [1.165, 1.54) is 5.56 Å². The molecule has 1 fully saturated rings. The summed E-state index contributed by atoms with van der Waals surface area (Å²) in [5, 5.41) is 12.5. The van der Waals surface area contributed by atoms with Crippen LogP contribution in [0.15, 0.2) is 30.3 Å². The third kappa shape index (κ3) is 4.67. The van der Waals surface area contributed by atoms with Crippen molar-refractivity contribution in [2.75, 3.05) is 6.54 Å². The molecule has 0 radical (unpaired) electrons. The van der Waals surface area contributed by atoms with Crippen LogP contribution in [0.4, 0.5) is 0 Å². The normalized spacial score (nSPS) is 23.2. The van der Waals surface area contributed by atoms with Crippen molar-refractivity contribution in [1.29, 1.82) is 0 Å². The van der Waals surface area contributed by atoms with Crippen molar-refractivity contribution in [1.82, 2.24) is 5.32 Å². The van der Waals surface area contributed by atoms with Crippen LogP contribution in [0.2, 0.25) is 0 Å². The van der Waals surface area contributed by atoms with Crippen LogP contribution in [0.1, 0.15) is 37.7 Å². The van der Waals surface area contributed by atoms with Crippen LogP contribution in [-0.2, 0) is 11.2 Å². The molecule has 1 saturated carbocycles. The minimum Gasteiger partial charge on any atom is -0.481 e. The fourth-order valence-corrected chi connectivity index (χ4v) is 2.79. The first kappa shape index (κ1) is 14.1. The molecular weight excluding hydrogens is 238 g/mol. The number of carbonyl (C=O) groups is 1. The summed E-state index contributed by atoms with van der Waals surface area (Å²) in [6.07, 6.45) is 5.91. The number of carboxylic acid groups (broad SMARTS) is 1. The summed E-state index contributed by atoms with van der Waals surface area (Å²) >= 11 is 0. The van der Waals surface area contributed by atoms with Gasteiger partial charge in [0, 0.05) is 6.04 Å². The summed E-state index contributed by atoms with van der Waals surface area (Å²) in [5.41, 5.74) is 1.39. The fraction of sp³-hybridized carbons (Fsp3) is 0.562. The Labute approximate surface area is 115 Å². The molecule has 3 nitrogen and oxygen atoms in total. The summed E-state index contributed by atoms with van der Waals surface area (Å²) in [6.45, 7) is 1.03. The lowest BCUT2D eigenvalue weighted by Crippen LogP contribution is -2.35. The maximum atomic E-state index is 10.9. The van der Waals surface area contributed by atoms with Crippen LogP contribution < -0.4 is 5.32 Å². The Morgan fingerprint density at radius 2 is 1.84 bits per heavy atom. The zero-order valence-corrected chi connectivity index (χ0v) is 11.3. The second-order valence-corrected chi connectivity index (χ2v) is 5.43. The van der Waals surface area contributed by atoms with Gasteiger partial charge in [-0.1, -0.05) is 30.3 Å². The van der Waals surface area contributed by atoms with Crippen LogP contribution in [0.5, 0.6) is 0 Å². The van der Waals surface area contributed by atoms with Crippen LogP contribution in [0.25, 0.3) is 0 Å². The average Bonchev–Trinajstić information content (AvgIpc) is 2.45. The minimum absolute atomic E-state index is 0.109. The molecule has 1 aliphatic rings. The topological polar surface area (TPSA) is 49.3 Å². The lowest BCUT2D eigenvalue weighted by Gasteiger charge is -2.26. The molecule has 0 heterocycles. The summed E-state index contributed by atoms with van der Waals surface area (Å²) in [7, 11) is 0. The zero-order chi connectivity index (χ0) is 13.5. The lowest BCUT2D eigenvalue weighted by molar-refractivity contribution is -0.142. The molecule has 1 aromatic rings. The Bertz CT molecular complexity index is 383. The Balaban J connectivity index is 1.58. The third-order valence-electron chi connectivity index (χ3n) is 3.99. The molecule has 0 bridgehead atoms. The first-order valence-corrected chi connectivity index (χ1v) is 7.26. The minimum atomic E-state index is -0.623. The number of hydrogen-bond acceptors (Lipinski definition) is 2. The maximum Gasteiger partial charge on any atom is 0.306 e. The van der Waals surface area contributed by atoms with Gasteiger partial charge < -0.3 is 10.4 Å². The Morgan fingerprint density at radius 1 is 1.16 bits per heavy atom. The van der Waals surface area contributed by atoms with E-state index in [4.69, 9.17) is 5.11 Å². The molecule has 2 rings (SSSR count). The Kier molecular flexibility index (Phi) is 5.40. The number of aliphatic carboxylic acids is 1. The van der Waals surface area contributed by atoms with Gasteiger partial charge in [0.1, 0.15) is 0 Å². The second kappa shape index (κ2) is 7.29. The van der Waals surface area contributed by atoms with Crippen molar-refractivity contribution >= 4 is 5.97 Å². The fourth-order valence-electron chi connectivity index (χ4n) is 2.79. The zero-order valence-electron chi connectivity index (χ0n) is 11.3. The van der Waals surface area contributed by atoms with Gasteiger partial charge in [-0.3, -0.25) is 4.79 Å². The molecule has 0 unspecified atom stereocenters. The molecule has 0 atom stereocenters. The standard InChI is InChI=1S/C16H23NO2/c18-16(19)14-8-10-15(11-9-14)17-12-4-7-13-5-2-1-3-6-13/h1-3,5-6,14-15,17H,4,7-12H2,(H,18,19). The molecule has 3 heteroatoms. The smallest absolute Gasteiger partial charge is 0.306 e. The molecule has 0 saturated heterocycles. The van der Waals surface area contributed by atoms with Crippen molar-refractivity contribution < 1.29 is 9.90 Å². The van der Waals surface area contributed by atoms with E-state index in [1.807, 2.05) is 6.07 Å². The first-order chi connectivity index (χ1) is 9.25. The Morgan fingerprint density at radius 3 is 2.47 bits per heavy atom. The van der Waals surface area contributed by atoms with Gasteiger partial charge in [-0.25, -0.2) is 0 Å². The number of aryl methyl sites for hydroxylation is 1. The van der Waals surface area contributed by atoms with Gasteiger partial charge in [-0.05, 0) is 50.6 Å². The monoisotopic (exact) mass is 261 g/mol. The van der Waals surface area contributed by atoms with E-state index < -0.39 is 5.97 Å². The SMILES string of the molecule is O=C(O)C1CCC(NCCCc2ccccc2)CC1. The van der Waals surface area contributed by atoms with E-state index in [0.717, 1.165) is 45.1 Å². The predicted molar refractivity (Wildman–Crippen MR) is 76.1 cm³/mol. The van der Waals surface area contributed by atoms with Gasteiger partial charge in [0.25, 0.3) is 0 Å². The predicted octanol–water partition coefficient (Wildman–Crippen LogP) is 2.85. The molecule has 0 aliphatic heterocycles. The molecule has 0 amide bonds. The van der Waals surface area contributed by atoms with Crippen molar-refractivity contribution in [2.24, 2.45) is 5.92 Å². The highest BCUT2D eigenvalue weighted by Crippen LogP contribution is 2.24. The van der Waals surface area contributed by atoms with Gasteiger partial charge in [0.05, 0.1) is 5.92 Å². The van der Waals surface area contributed by atoms with Crippen LogP contribution in [0.3, 0.4) is 0 Å². The molecule has 19 heavy (non-hydrogen) atoms. The van der Waals surface area contributed by atoms with Crippen molar-refractivity contribution in [3.8, 4) is 0 Å². The highest BCUT2D eigenvalue weighted by Gasteiger charge is 2.25. The molecule has 0 spiro atoms. The van der Waals surface area contributed by atoms with Crippen molar-refractivity contribution in [3.05, 3.63) is 35.9 Å². The number of benzene rings is 1. The summed E-state index contributed by atoms with van der Waals surface area (Å²) < 4.78 is 0. The summed E-state index contributed by atoms with van der Waals surface area (Å²) in [5.74, 6) is -0.732. The van der Waals surface area contributed by atoms with Gasteiger partial charge >= 0.3 is 5.97 Å². The third-order valence-corrected chi connectivity index (χ3v) is 3.99.